The van der Waals surface area contributed by atoms with Gasteiger partial charge in [-0.1, -0.05) is 12.1 Å². The molecule has 6 heteroatoms. The molecule has 2 rings (SSSR count). The number of ether oxygens (including phenoxy) is 1. The molecular formula is C15H14INO4. The number of nitrogens with zero attached hydrogens (tertiary/aromatic N) is 1. The average Bonchev–Trinajstić information content (AvgIpc) is 2.46. The molecule has 1 atom stereocenters. The largest absolute Gasteiger partial charge is 0.489 e. The van der Waals surface area contributed by atoms with Crippen molar-refractivity contribution >= 4 is 28.3 Å². The van der Waals surface area contributed by atoms with Gasteiger partial charge in [0.15, 0.2) is 0 Å². The summed E-state index contributed by atoms with van der Waals surface area (Å²) in [5, 5.41) is 20.5. The van der Waals surface area contributed by atoms with E-state index in [1.807, 2.05) is 24.3 Å². The smallest absolute Gasteiger partial charge is 0.270 e. The van der Waals surface area contributed by atoms with Crippen LogP contribution in [0.25, 0.3) is 0 Å². The summed E-state index contributed by atoms with van der Waals surface area (Å²) in [5.74, 6) is 0.453. The summed E-state index contributed by atoms with van der Waals surface area (Å²) in [4.78, 5) is 10.3. The van der Waals surface area contributed by atoms with Crippen molar-refractivity contribution in [1.29, 1.82) is 0 Å². The van der Waals surface area contributed by atoms with E-state index in [9.17, 15) is 15.2 Å². The number of non-ortho nitro benzene ring substituents is 1. The Morgan fingerprint density at radius 2 is 1.95 bits per heavy atom. The molecule has 5 nitrogen and oxygen atoms in total. The van der Waals surface area contributed by atoms with Crippen molar-refractivity contribution in [2.24, 2.45) is 0 Å². The van der Waals surface area contributed by atoms with Crippen LogP contribution in [-0.2, 0) is 6.61 Å². The van der Waals surface area contributed by atoms with E-state index in [1.54, 1.807) is 6.92 Å². The lowest BCUT2D eigenvalue weighted by Crippen LogP contribution is -2.02. The maximum Gasteiger partial charge on any atom is 0.270 e. The van der Waals surface area contributed by atoms with Crippen LogP contribution >= 0.6 is 22.6 Å². The molecule has 0 saturated heterocycles. The predicted octanol–water partition coefficient (Wildman–Crippen LogP) is 3.83. The lowest BCUT2D eigenvalue weighted by molar-refractivity contribution is -0.385. The van der Waals surface area contributed by atoms with E-state index in [1.165, 1.54) is 18.2 Å². The van der Waals surface area contributed by atoms with Gasteiger partial charge in [-0.3, -0.25) is 10.1 Å². The van der Waals surface area contributed by atoms with Gasteiger partial charge in [0, 0.05) is 21.3 Å². The molecule has 0 aliphatic carbocycles. The number of halogens is 1. The molecule has 110 valence electrons. The topological polar surface area (TPSA) is 72.6 Å². The SMILES string of the molecule is CC(O)c1cc([N+](=O)[O-])ccc1OCc1ccc(I)cc1. The third kappa shape index (κ3) is 4.15. The van der Waals surface area contributed by atoms with Gasteiger partial charge in [0.05, 0.1) is 11.0 Å². The molecule has 21 heavy (non-hydrogen) atoms. The van der Waals surface area contributed by atoms with Crippen LogP contribution in [0.3, 0.4) is 0 Å². The van der Waals surface area contributed by atoms with E-state index < -0.39 is 11.0 Å². The Labute approximate surface area is 135 Å². The molecule has 0 fully saturated rings. The van der Waals surface area contributed by atoms with Crippen LogP contribution in [0.2, 0.25) is 0 Å². The maximum atomic E-state index is 10.8. The highest BCUT2D eigenvalue weighted by Crippen LogP contribution is 2.29. The lowest BCUT2D eigenvalue weighted by Gasteiger charge is -2.13. The molecule has 0 heterocycles. The van der Waals surface area contributed by atoms with Crippen LogP contribution in [-0.4, -0.2) is 10.0 Å². The number of aliphatic hydroxyl groups excluding tert-OH is 1. The maximum absolute atomic E-state index is 10.8. The summed E-state index contributed by atoms with van der Waals surface area (Å²) < 4.78 is 6.81. The molecule has 0 aliphatic rings. The second kappa shape index (κ2) is 6.86. The third-order valence-electron chi connectivity index (χ3n) is 2.96. The number of benzene rings is 2. The Hall–Kier alpha value is -1.67. The van der Waals surface area contributed by atoms with E-state index in [0.29, 0.717) is 17.9 Å². The van der Waals surface area contributed by atoms with Gasteiger partial charge in [0.1, 0.15) is 12.4 Å². The normalized spacial score (nSPS) is 12.0. The summed E-state index contributed by atoms with van der Waals surface area (Å²) in [6.07, 6.45) is -0.836. The zero-order valence-corrected chi connectivity index (χ0v) is 13.5. The fourth-order valence-corrected chi connectivity index (χ4v) is 2.21. The summed E-state index contributed by atoms with van der Waals surface area (Å²) in [6, 6.07) is 12.1. The first-order chi connectivity index (χ1) is 9.97. The van der Waals surface area contributed by atoms with Crippen molar-refractivity contribution in [2.45, 2.75) is 19.6 Å². The monoisotopic (exact) mass is 399 g/mol. The lowest BCUT2D eigenvalue weighted by atomic mass is 10.1. The molecule has 0 aromatic heterocycles. The van der Waals surface area contributed by atoms with Crippen molar-refractivity contribution in [3.05, 3.63) is 67.3 Å². The highest BCUT2D eigenvalue weighted by atomic mass is 127. The molecule has 0 aliphatic heterocycles. The van der Waals surface area contributed by atoms with Gasteiger partial charge in [-0.25, -0.2) is 0 Å². The first-order valence-corrected chi connectivity index (χ1v) is 7.39. The first-order valence-electron chi connectivity index (χ1n) is 6.31. The Morgan fingerprint density at radius 3 is 2.52 bits per heavy atom. The number of nitro benzene ring substituents is 1. The van der Waals surface area contributed by atoms with Gasteiger partial charge >= 0.3 is 0 Å². The Kier molecular flexibility index (Phi) is 5.13. The minimum absolute atomic E-state index is 0.0625. The fraction of sp³-hybridized carbons (Fsp3) is 0.200. The zero-order valence-electron chi connectivity index (χ0n) is 11.3. The number of rotatable bonds is 5. The van der Waals surface area contributed by atoms with Crippen molar-refractivity contribution in [3.63, 3.8) is 0 Å². The number of nitro groups is 1. The van der Waals surface area contributed by atoms with E-state index in [-0.39, 0.29) is 5.69 Å². The number of hydrogen-bond donors (Lipinski definition) is 1. The molecule has 0 saturated carbocycles. The zero-order chi connectivity index (χ0) is 15.4. The van der Waals surface area contributed by atoms with Crippen LogP contribution in [0.15, 0.2) is 42.5 Å². The third-order valence-corrected chi connectivity index (χ3v) is 3.68. The van der Waals surface area contributed by atoms with Crippen LogP contribution in [0.4, 0.5) is 5.69 Å². The van der Waals surface area contributed by atoms with E-state index in [0.717, 1.165) is 9.13 Å². The van der Waals surface area contributed by atoms with Gasteiger partial charge in [-0.15, -0.1) is 0 Å². The van der Waals surface area contributed by atoms with Crippen LogP contribution in [0, 0.1) is 13.7 Å². The first kappa shape index (κ1) is 15.7. The van der Waals surface area contributed by atoms with Gasteiger partial charge in [0.25, 0.3) is 5.69 Å². The van der Waals surface area contributed by atoms with E-state index >= 15 is 0 Å². The second-order valence-electron chi connectivity index (χ2n) is 4.57. The average molecular weight is 399 g/mol. The van der Waals surface area contributed by atoms with E-state index in [4.69, 9.17) is 4.74 Å². The molecule has 2 aromatic rings. The van der Waals surface area contributed by atoms with Gasteiger partial charge in [-0.2, -0.15) is 0 Å². The quantitative estimate of drug-likeness (QED) is 0.471. The summed E-state index contributed by atoms with van der Waals surface area (Å²) in [6.45, 7) is 1.89. The Morgan fingerprint density at radius 1 is 1.29 bits per heavy atom. The highest BCUT2D eigenvalue weighted by Gasteiger charge is 2.15. The number of aliphatic hydroxyl groups is 1. The second-order valence-corrected chi connectivity index (χ2v) is 5.82. The minimum Gasteiger partial charge on any atom is -0.489 e. The summed E-state index contributed by atoms with van der Waals surface area (Å²) in [7, 11) is 0. The predicted molar refractivity (Wildman–Crippen MR) is 87.2 cm³/mol. The molecular weight excluding hydrogens is 385 g/mol. The molecule has 1 N–H and O–H groups in total. The molecule has 2 aromatic carbocycles. The summed E-state index contributed by atoms with van der Waals surface area (Å²) >= 11 is 2.22. The van der Waals surface area contributed by atoms with Crippen LogP contribution in [0.5, 0.6) is 5.75 Å². The van der Waals surface area contributed by atoms with Gasteiger partial charge in [-0.05, 0) is 53.3 Å². The van der Waals surface area contributed by atoms with E-state index in [2.05, 4.69) is 22.6 Å². The molecule has 0 spiro atoms. The van der Waals surface area contributed by atoms with Crippen LogP contribution < -0.4 is 4.74 Å². The molecule has 0 bridgehead atoms. The van der Waals surface area contributed by atoms with Gasteiger partial charge in [0.2, 0.25) is 0 Å². The highest BCUT2D eigenvalue weighted by molar-refractivity contribution is 14.1. The van der Waals surface area contributed by atoms with Crippen molar-refractivity contribution in [1.82, 2.24) is 0 Å². The molecule has 0 amide bonds. The van der Waals surface area contributed by atoms with Gasteiger partial charge < -0.3 is 9.84 Å². The fourth-order valence-electron chi connectivity index (χ4n) is 1.85. The summed E-state index contributed by atoms with van der Waals surface area (Å²) in [5.41, 5.74) is 1.34. The molecule has 0 radical (unpaired) electrons. The van der Waals surface area contributed by atoms with Crippen LogP contribution in [0.1, 0.15) is 24.2 Å². The van der Waals surface area contributed by atoms with Crippen molar-refractivity contribution in [3.8, 4) is 5.75 Å². The Bertz CT molecular complexity index is 641. The number of hydrogen-bond acceptors (Lipinski definition) is 4. The molecule has 1 unspecified atom stereocenters. The van der Waals surface area contributed by atoms with Crippen molar-refractivity contribution in [2.75, 3.05) is 0 Å². The minimum atomic E-state index is -0.836. The standard InChI is InChI=1S/C15H14INO4/c1-10(18)14-8-13(17(19)20)6-7-15(14)21-9-11-2-4-12(16)5-3-11/h2-8,10,18H,9H2,1H3. The Balaban J connectivity index is 2.19. The van der Waals surface area contributed by atoms with Crippen molar-refractivity contribution < 1.29 is 14.8 Å².